The van der Waals surface area contributed by atoms with Crippen LogP contribution in [0, 0.1) is 0 Å². The molecule has 1 unspecified atom stereocenters. The van der Waals surface area contributed by atoms with E-state index in [-0.39, 0.29) is 5.91 Å². The van der Waals surface area contributed by atoms with E-state index in [1.54, 1.807) is 13.2 Å². The number of carbonyl (C=O) groups excluding carboxylic acids is 1. The van der Waals surface area contributed by atoms with Gasteiger partial charge in [0, 0.05) is 40.3 Å². The Morgan fingerprint density at radius 1 is 1.27 bits per heavy atom. The fraction of sp³-hybridized carbons (Fsp3) is 0.500. The Hall–Kier alpha value is -2.77. The van der Waals surface area contributed by atoms with Gasteiger partial charge >= 0.3 is 0 Å². The van der Waals surface area contributed by atoms with E-state index >= 15 is 0 Å². The molecule has 1 saturated heterocycles. The zero-order valence-electron chi connectivity index (χ0n) is 15.6. The highest BCUT2D eigenvalue weighted by molar-refractivity contribution is 5.98. The number of carbonyl (C=O) groups is 1. The quantitative estimate of drug-likeness (QED) is 0.863. The van der Waals surface area contributed by atoms with Gasteiger partial charge < -0.3 is 20.9 Å². The first-order valence-corrected chi connectivity index (χ1v) is 8.92. The van der Waals surface area contributed by atoms with Crippen LogP contribution in [0.5, 0.6) is 0 Å². The summed E-state index contributed by atoms with van der Waals surface area (Å²) < 4.78 is 1.53. The highest BCUT2D eigenvalue weighted by atomic mass is 16.2. The number of aryl methyl sites for hydroxylation is 1. The number of nitrogens with two attached hydrogens (primary N) is 1. The van der Waals surface area contributed by atoms with Gasteiger partial charge in [-0.25, -0.2) is 4.98 Å². The summed E-state index contributed by atoms with van der Waals surface area (Å²) in [6.07, 6.45) is 6.27. The van der Waals surface area contributed by atoms with Crippen molar-refractivity contribution in [3.8, 4) is 0 Å². The number of nitrogen functional groups attached to an aromatic ring is 1. The summed E-state index contributed by atoms with van der Waals surface area (Å²) in [6.45, 7) is 1.44. The second-order valence-corrected chi connectivity index (χ2v) is 6.93. The third-order valence-electron chi connectivity index (χ3n) is 4.81. The van der Waals surface area contributed by atoms with E-state index in [1.807, 2.05) is 42.2 Å². The molecule has 3 heterocycles. The number of pyridine rings is 1. The predicted octanol–water partition coefficient (Wildman–Crippen LogP) is 1.57. The Kier molecular flexibility index (Phi) is 5.29. The Labute approximate surface area is 154 Å². The number of hydrogen-bond acceptors (Lipinski definition) is 6. The summed E-state index contributed by atoms with van der Waals surface area (Å²) in [6, 6.07) is 4.37. The van der Waals surface area contributed by atoms with Crippen LogP contribution in [0.4, 0.5) is 17.3 Å². The maximum Gasteiger partial charge on any atom is 0.259 e. The summed E-state index contributed by atoms with van der Waals surface area (Å²) in [5.74, 6) is 1.32. The molecule has 1 aliphatic rings. The number of nitrogens with zero attached hydrogens (tertiary/aromatic N) is 5. The number of aromatic nitrogens is 3. The van der Waals surface area contributed by atoms with Crippen molar-refractivity contribution in [3.63, 3.8) is 0 Å². The van der Waals surface area contributed by atoms with Crippen LogP contribution >= 0.6 is 0 Å². The molecule has 0 aliphatic carbocycles. The molecule has 26 heavy (non-hydrogen) atoms. The van der Waals surface area contributed by atoms with Crippen LogP contribution in [0.3, 0.4) is 0 Å². The summed E-state index contributed by atoms with van der Waals surface area (Å²) in [5, 5.41) is 7.61. The van der Waals surface area contributed by atoms with Crippen molar-refractivity contribution in [2.24, 2.45) is 7.05 Å². The zero-order valence-corrected chi connectivity index (χ0v) is 15.6. The molecule has 2 aromatic heterocycles. The second kappa shape index (κ2) is 7.63. The Morgan fingerprint density at radius 2 is 2.08 bits per heavy atom. The van der Waals surface area contributed by atoms with Gasteiger partial charge in [-0.3, -0.25) is 9.48 Å². The predicted molar refractivity (Wildman–Crippen MR) is 103 cm³/mol. The SMILES string of the molecule is CN(C)c1ccc(NC2CCCN(C(=O)c3cnn(C)c3N)CC2)cn1. The first kappa shape index (κ1) is 18.0. The second-order valence-electron chi connectivity index (χ2n) is 6.93. The molecule has 3 N–H and O–H groups in total. The molecule has 1 fully saturated rings. The van der Waals surface area contributed by atoms with Gasteiger partial charge in [0.25, 0.3) is 5.91 Å². The van der Waals surface area contributed by atoms with Gasteiger partial charge in [0.2, 0.25) is 0 Å². The molecular formula is C18H27N7O. The van der Waals surface area contributed by atoms with E-state index < -0.39 is 0 Å². The lowest BCUT2D eigenvalue weighted by molar-refractivity contribution is 0.0762. The van der Waals surface area contributed by atoms with E-state index in [2.05, 4.69) is 15.4 Å². The molecular weight excluding hydrogens is 330 g/mol. The first-order chi connectivity index (χ1) is 12.5. The molecule has 0 aromatic carbocycles. The lowest BCUT2D eigenvalue weighted by Gasteiger charge is -2.21. The van der Waals surface area contributed by atoms with Crippen LogP contribution < -0.4 is 16.0 Å². The van der Waals surface area contributed by atoms with Crippen LogP contribution in [0.1, 0.15) is 29.6 Å². The maximum atomic E-state index is 12.7. The monoisotopic (exact) mass is 357 g/mol. The number of hydrogen-bond donors (Lipinski definition) is 2. The zero-order chi connectivity index (χ0) is 18.7. The molecule has 2 aromatic rings. The van der Waals surface area contributed by atoms with Gasteiger partial charge in [-0.05, 0) is 31.4 Å². The third-order valence-corrected chi connectivity index (χ3v) is 4.81. The van der Waals surface area contributed by atoms with Gasteiger partial charge in [-0.1, -0.05) is 0 Å². The number of amides is 1. The number of rotatable bonds is 4. The number of anilines is 3. The molecule has 1 aliphatic heterocycles. The molecule has 1 atom stereocenters. The summed E-state index contributed by atoms with van der Waals surface area (Å²) in [4.78, 5) is 21.0. The molecule has 140 valence electrons. The largest absolute Gasteiger partial charge is 0.383 e. The molecule has 8 nitrogen and oxygen atoms in total. The van der Waals surface area contributed by atoms with Crippen molar-refractivity contribution in [1.29, 1.82) is 0 Å². The summed E-state index contributed by atoms with van der Waals surface area (Å²) >= 11 is 0. The number of nitrogens with one attached hydrogen (secondary N) is 1. The van der Waals surface area contributed by atoms with E-state index in [9.17, 15) is 4.79 Å². The van der Waals surface area contributed by atoms with E-state index in [4.69, 9.17) is 5.73 Å². The molecule has 0 saturated carbocycles. The van der Waals surface area contributed by atoms with Crippen LogP contribution in [0.15, 0.2) is 24.5 Å². The van der Waals surface area contributed by atoms with Gasteiger partial charge in [0.05, 0.1) is 18.1 Å². The van der Waals surface area contributed by atoms with Crippen molar-refractivity contribution >= 4 is 23.2 Å². The molecule has 3 rings (SSSR count). The average molecular weight is 357 g/mol. The van der Waals surface area contributed by atoms with Crippen LogP contribution in [-0.2, 0) is 7.05 Å². The Balaban J connectivity index is 1.59. The first-order valence-electron chi connectivity index (χ1n) is 8.92. The van der Waals surface area contributed by atoms with Crippen LogP contribution in [0.2, 0.25) is 0 Å². The Bertz CT molecular complexity index is 753. The maximum absolute atomic E-state index is 12.7. The van der Waals surface area contributed by atoms with Crippen LogP contribution in [0.25, 0.3) is 0 Å². The summed E-state index contributed by atoms with van der Waals surface area (Å²) in [7, 11) is 5.69. The highest BCUT2D eigenvalue weighted by Crippen LogP contribution is 2.20. The fourth-order valence-electron chi connectivity index (χ4n) is 3.20. The van der Waals surface area contributed by atoms with Gasteiger partial charge in [0.1, 0.15) is 17.2 Å². The van der Waals surface area contributed by atoms with Gasteiger partial charge in [-0.2, -0.15) is 5.10 Å². The molecule has 8 heteroatoms. The van der Waals surface area contributed by atoms with Crippen molar-refractivity contribution in [2.45, 2.75) is 25.3 Å². The van der Waals surface area contributed by atoms with Gasteiger partial charge in [-0.15, -0.1) is 0 Å². The molecule has 0 radical (unpaired) electrons. The van der Waals surface area contributed by atoms with E-state index in [0.717, 1.165) is 37.3 Å². The minimum Gasteiger partial charge on any atom is -0.383 e. The topological polar surface area (TPSA) is 92.3 Å². The van der Waals surface area contributed by atoms with E-state index in [1.165, 1.54) is 4.68 Å². The van der Waals surface area contributed by atoms with Crippen molar-refractivity contribution in [3.05, 3.63) is 30.1 Å². The van der Waals surface area contributed by atoms with Gasteiger partial charge in [0.15, 0.2) is 0 Å². The number of likely N-dealkylation sites (tertiary alicyclic amines) is 1. The van der Waals surface area contributed by atoms with Crippen molar-refractivity contribution in [2.75, 3.05) is 43.1 Å². The lowest BCUT2D eigenvalue weighted by Crippen LogP contribution is -2.33. The van der Waals surface area contributed by atoms with Crippen LogP contribution in [-0.4, -0.2) is 58.8 Å². The van der Waals surface area contributed by atoms with Crippen molar-refractivity contribution in [1.82, 2.24) is 19.7 Å². The van der Waals surface area contributed by atoms with Crippen molar-refractivity contribution < 1.29 is 4.79 Å². The standard InChI is InChI=1S/C18H27N7O/c1-23(2)16-7-6-14(11-20-16)22-13-5-4-9-25(10-8-13)18(26)15-12-21-24(3)17(15)19/h6-7,11-13,22H,4-5,8-10,19H2,1-3H3. The smallest absolute Gasteiger partial charge is 0.259 e. The average Bonchev–Trinajstić information content (AvgIpc) is 2.83. The summed E-state index contributed by atoms with van der Waals surface area (Å²) in [5.41, 5.74) is 7.44. The normalized spacial score (nSPS) is 17.7. The molecule has 1 amide bonds. The van der Waals surface area contributed by atoms with E-state index in [0.29, 0.717) is 24.0 Å². The minimum atomic E-state index is -0.0340. The third kappa shape index (κ3) is 3.89. The minimum absolute atomic E-state index is 0.0340. The molecule has 0 bridgehead atoms. The lowest BCUT2D eigenvalue weighted by atomic mass is 10.1. The fourth-order valence-corrected chi connectivity index (χ4v) is 3.20. The molecule has 0 spiro atoms. The Morgan fingerprint density at radius 3 is 2.69 bits per heavy atom. The highest BCUT2D eigenvalue weighted by Gasteiger charge is 2.24.